The van der Waals surface area contributed by atoms with Crippen LogP contribution in [0.25, 0.3) is 0 Å². The summed E-state index contributed by atoms with van der Waals surface area (Å²) in [7, 11) is 0. The third kappa shape index (κ3) is 12.3. The third-order valence-corrected chi connectivity index (χ3v) is 1.38. The molecule has 0 aromatic carbocycles. The molecule has 0 aliphatic rings. The number of aliphatic carboxylic acids is 1. The van der Waals surface area contributed by atoms with Gasteiger partial charge in [-0.15, -0.1) is 0 Å². The Morgan fingerprint density at radius 3 is 2.33 bits per heavy atom. The number of carboxylic acid groups (broad SMARTS) is 1. The second kappa shape index (κ2) is 7.15. The Hall–Kier alpha value is 1.04. The van der Waals surface area contributed by atoms with Crippen LogP contribution in [-0.2, 0) is 16.0 Å². The maximum atomic E-state index is 10.2. The van der Waals surface area contributed by atoms with Crippen LogP contribution >= 0.6 is 0 Å². The first-order valence-corrected chi connectivity index (χ1v) is 3.87. The molecule has 0 aliphatic carbocycles. The summed E-state index contributed by atoms with van der Waals surface area (Å²) in [4.78, 5) is 9.77. The van der Waals surface area contributed by atoms with Crippen molar-refractivity contribution in [2.45, 2.75) is 6.42 Å². The molecule has 0 fully saturated rings. The van der Waals surface area contributed by atoms with Crippen LogP contribution in [0.4, 0.5) is 0 Å². The molecule has 1 N–H and O–H groups in total. The third-order valence-electron chi connectivity index (χ3n) is 0.603. The van der Waals surface area contributed by atoms with E-state index in [2.05, 4.69) is 0 Å². The van der Waals surface area contributed by atoms with Crippen LogP contribution in [0.3, 0.4) is 0 Å². The SMILES string of the molecule is C[S+]([O-])CCC(=O)O.[Ca]. The van der Waals surface area contributed by atoms with Crippen molar-refractivity contribution in [1.82, 2.24) is 0 Å². The van der Waals surface area contributed by atoms with Gasteiger partial charge < -0.3 is 9.66 Å². The molecule has 9 heavy (non-hydrogen) atoms. The summed E-state index contributed by atoms with van der Waals surface area (Å²) in [5.74, 6) is -0.629. The van der Waals surface area contributed by atoms with Gasteiger partial charge in [-0.25, -0.2) is 0 Å². The van der Waals surface area contributed by atoms with E-state index >= 15 is 0 Å². The van der Waals surface area contributed by atoms with Crippen LogP contribution in [0.15, 0.2) is 0 Å². The Kier molecular flexibility index (Phi) is 10.1. The number of carbonyl (C=O) groups is 1. The first kappa shape index (κ1) is 12.7. The largest absolute Gasteiger partial charge is 0.617 e. The zero-order chi connectivity index (χ0) is 6.57. The van der Waals surface area contributed by atoms with Gasteiger partial charge in [-0.2, -0.15) is 0 Å². The number of rotatable bonds is 3. The van der Waals surface area contributed by atoms with Crippen LogP contribution in [0.5, 0.6) is 0 Å². The van der Waals surface area contributed by atoms with E-state index in [-0.39, 0.29) is 49.9 Å². The van der Waals surface area contributed by atoms with Gasteiger partial charge in [-0.1, -0.05) is 11.2 Å². The van der Waals surface area contributed by atoms with Gasteiger partial charge in [0.2, 0.25) is 0 Å². The summed E-state index contributed by atoms with van der Waals surface area (Å²) >= 11 is -0.967. The minimum absolute atomic E-state index is 0. The van der Waals surface area contributed by atoms with Crippen LogP contribution < -0.4 is 0 Å². The maximum absolute atomic E-state index is 10.2. The predicted molar refractivity (Wildman–Crippen MR) is 36.9 cm³/mol. The molecule has 1 unspecified atom stereocenters. The zero-order valence-corrected chi connectivity index (χ0v) is 8.32. The summed E-state index contributed by atoms with van der Waals surface area (Å²) < 4.78 is 10.2. The minimum atomic E-state index is -0.967. The molecule has 0 saturated heterocycles. The van der Waals surface area contributed by atoms with Gasteiger partial charge in [0.05, 0.1) is 12.7 Å². The second-order valence-electron chi connectivity index (χ2n) is 1.42. The van der Waals surface area contributed by atoms with Gasteiger partial charge in [0.25, 0.3) is 0 Å². The van der Waals surface area contributed by atoms with E-state index in [1.165, 1.54) is 6.26 Å². The van der Waals surface area contributed by atoms with Crippen molar-refractivity contribution in [2.75, 3.05) is 12.0 Å². The molecule has 0 bridgehead atoms. The van der Waals surface area contributed by atoms with Crippen LogP contribution in [0.2, 0.25) is 0 Å². The van der Waals surface area contributed by atoms with Gasteiger partial charge in [-0.05, 0) is 0 Å². The average molecular weight is 176 g/mol. The predicted octanol–water partition coefficient (Wildman–Crippen LogP) is -0.541. The monoisotopic (exact) mass is 176 g/mol. The van der Waals surface area contributed by atoms with Gasteiger partial charge in [0.15, 0.2) is 0 Å². The molecule has 0 spiro atoms. The molecule has 0 aliphatic heterocycles. The summed E-state index contributed by atoms with van der Waals surface area (Å²) in [6, 6.07) is 0. The Morgan fingerprint density at radius 2 is 2.22 bits per heavy atom. The molecular formula is C4H8CaO3S. The molecule has 0 aromatic heterocycles. The van der Waals surface area contributed by atoms with Crippen LogP contribution in [0, 0.1) is 0 Å². The van der Waals surface area contributed by atoms with Crippen molar-refractivity contribution >= 4 is 54.9 Å². The first-order chi connectivity index (χ1) is 3.63. The quantitative estimate of drug-likeness (QED) is 0.464. The number of hydrogen-bond donors (Lipinski definition) is 1. The molecule has 3 nitrogen and oxygen atoms in total. The summed E-state index contributed by atoms with van der Waals surface area (Å²) in [5.41, 5.74) is 0. The van der Waals surface area contributed by atoms with Crippen LogP contribution in [0.1, 0.15) is 6.42 Å². The molecule has 0 saturated carbocycles. The summed E-state index contributed by atoms with van der Waals surface area (Å²) in [6.45, 7) is 0. The van der Waals surface area contributed by atoms with Crippen molar-refractivity contribution in [3.63, 3.8) is 0 Å². The van der Waals surface area contributed by atoms with E-state index in [4.69, 9.17) is 5.11 Å². The van der Waals surface area contributed by atoms with E-state index in [9.17, 15) is 9.35 Å². The first-order valence-electron chi connectivity index (χ1n) is 2.14. The molecule has 2 radical (unpaired) electrons. The van der Waals surface area contributed by atoms with Crippen LogP contribution in [-0.4, -0.2) is 65.4 Å². The minimum Gasteiger partial charge on any atom is -0.617 e. The summed E-state index contributed by atoms with van der Waals surface area (Å²) in [6.07, 6.45) is 1.49. The van der Waals surface area contributed by atoms with E-state index in [1.54, 1.807) is 0 Å². The Bertz CT molecular complexity index is 85.9. The number of hydrogen-bond acceptors (Lipinski definition) is 2. The van der Waals surface area contributed by atoms with Gasteiger partial charge in [0.1, 0.15) is 5.75 Å². The van der Waals surface area contributed by atoms with Crippen molar-refractivity contribution in [3.8, 4) is 0 Å². The molecule has 50 valence electrons. The maximum Gasteiger partial charge on any atom is 0.308 e. The van der Waals surface area contributed by atoms with Crippen molar-refractivity contribution in [1.29, 1.82) is 0 Å². The molecule has 5 heteroatoms. The van der Waals surface area contributed by atoms with E-state index in [1.807, 2.05) is 0 Å². The Morgan fingerprint density at radius 1 is 1.78 bits per heavy atom. The molecule has 0 heterocycles. The zero-order valence-electron chi connectivity index (χ0n) is 5.29. The number of carboxylic acids is 1. The van der Waals surface area contributed by atoms with E-state index in [0.717, 1.165) is 0 Å². The molecule has 0 amide bonds. The second-order valence-corrected chi connectivity index (χ2v) is 2.98. The van der Waals surface area contributed by atoms with Gasteiger partial charge in [-0.3, -0.25) is 4.79 Å². The normalized spacial score (nSPS) is 11.8. The fraction of sp³-hybridized carbons (Fsp3) is 0.750. The smallest absolute Gasteiger partial charge is 0.308 e. The Labute approximate surface area is 87.0 Å². The van der Waals surface area contributed by atoms with E-state index in [0.29, 0.717) is 0 Å². The molecular weight excluding hydrogens is 168 g/mol. The van der Waals surface area contributed by atoms with Gasteiger partial charge in [0, 0.05) is 37.7 Å². The Balaban J connectivity index is 0. The molecule has 1 atom stereocenters. The fourth-order valence-corrected chi connectivity index (χ4v) is 0.693. The van der Waals surface area contributed by atoms with Crippen molar-refractivity contribution in [3.05, 3.63) is 0 Å². The fourth-order valence-electron chi connectivity index (χ4n) is 0.231. The van der Waals surface area contributed by atoms with E-state index < -0.39 is 17.1 Å². The molecule has 0 aromatic rings. The van der Waals surface area contributed by atoms with Gasteiger partial charge >= 0.3 is 5.97 Å². The molecule has 0 rings (SSSR count). The topological polar surface area (TPSA) is 60.4 Å². The van der Waals surface area contributed by atoms with Crippen molar-refractivity contribution < 1.29 is 14.5 Å². The average Bonchev–Trinajstić information content (AvgIpc) is 1.61. The van der Waals surface area contributed by atoms with Crippen molar-refractivity contribution in [2.24, 2.45) is 0 Å². The standard InChI is InChI=1S/C4H8O3S.Ca/c1-8(7)3-2-4(5)6;/h2-3H2,1H3,(H,5,6);. The summed E-state index contributed by atoms with van der Waals surface area (Å²) in [5, 5.41) is 8.03.